The Morgan fingerprint density at radius 2 is 1.85 bits per heavy atom. The fourth-order valence-electron chi connectivity index (χ4n) is 3.71. The van der Waals surface area contributed by atoms with Gasteiger partial charge in [-0.25, -0.2) is 4.39 Å². The minimum Gasteiger partial charge on any atom is -0.496 e. The number of fused-ring (bicyclic) bond motifs is 1. The molecule has 0 radical (unpaired) electrons. The van der Waals surface area contributed by atoms with Crippen LogP contribution in [0.2, 0.25) is 0 Å². The van der Waals surface area contributed by atoms with Gasteiger partial charge < -0.3 is 19.3 Å². The number of likely N-dealkylation sites (tertiary alicyclic amines) is 1. The van der Waals surface area contributed by atoms with Crippen LogP contribution in [0, 0.1) is 5.82 Å². The number of benzene rings is 2. The molecule has 5 nitrogen and oxygen atoms in total. The van der Waals surface area contributed by atoms with Gasteiger partial charge in [0.15, 0.2) is 11.5 Å². The Balaban J connectivity index is 1.47. The summed E-state index contributed by atoms with van der Waals surface area (Å²) < 4.78 is 30.4. The number of ether oxygens (including phenoxy) is 3. The molecule has 2 aliphatic rings. The smallest absolute Gasteiger partial charge is 0.231 e. The molecular weight excluding hydrogens is 337 g/mol. The zero-order chi connectivity index (χ0) is 18.1. The average molecular weight is 359 g/mol. The first-order valence-electron chi connectivity index (χ1n) is 8.75. The highest BCUT2D eigenvalue weighted by Crippen LogP contribution is 2.40. The van der Waals surface area contributed by atoms with Crippen LogP contribution in [0.25, 0.3) is 0 Å². The van der Waals surface area contributed by atoms with Crippen LogP contribution >= 0.6 is 0 Å². The summed E-state index contributed by atoms with van der Waals surface area (Å²) in [6.45, 7) is 2.24. The molecular formula is C20H22FNO4. The van der Waals surface area contributed by atoms with Gasteiger partial charge in [-0.05, 0) is 25.0 Å². The van der Waals surface area contributed by atoms with E-state index in [1.54, 1.807) is 25.3 Å². The van der Waals surface area contributed by atoms with Gasteiger partial charge in [0.25, 0.3) is 0 Å². The van der Waals surface area contributed by atoms with E-state index in [1.807, 2.05) is 12.1 Å². The summed E-state index contributed by atoms with van der Waals surface area (Å²) >= 11 is 0. The molecule has 0 unspecified atom stereocenters. The maximum Gasteiger partial charge on any atom is 0.231 e. The number of halogens is 1. The van der Waals surface area contributed by atoms with Crippen LogP contribution in [0.4, 0.5) is 4.39 Å². The highest BCUT2D eigenvalue weighted by atomic mass is 19.1. The Kier molecular flexibility index (Phi) is 4.46. The van der Waals surface area contributed by atoms with Gasteiger partial charge in [0.05, 0.1) is 12.7 Å². The van der Waals surface area contributed by atoms with Gasteiger partial charge in [-0.2, -0.15) is 0 Å². The fourth-order valence-corrected chi connectivity index (χ4v) is 3.71. The number of rotatable bonds is 4. The average Bonchev–Trinajstić information content (AvgIpc) is 3.10. The number of hydrogen-bond acceptors (Lipinski definition) is 5. The van der Waals surface area contributed by atoms with E-state index in [2.05, 4.69) is 4.90 Å². The van der Waals surface area contributed by atoms with Crippen LogP contribution in [0.3, 0.4) is 0 Å². The molecule has 0 amide bonds. The van der Waals surface area contributed by atoms with Crippen molar-refractivity contribution in [2.45, 2.75) is 25.0 Å². The molecule has 2 aromatic rings. The molecule has 2 aliphatic heterocycles. The van der Waals surface area contributed by atoms with Crippen LogP contribution < -0.4 is 14.2 Å². The SMILES string of the molecule is COc1cc2c(cc1CN1CCC(O)(c3ccccc3F)CC1)OCO2. The Hall–Kier alpha value is -2.31. The van der Waals surface area contributed by atoms with Crippen molar-refractivity contribution in [3.63, 3.8) is 0 Å². The van der Waals surface area contributed by atoms with Gasteiger partial charge in [0.2, 0.25) is 6.79 Å². The standard InChI is InChI=1S/C20H22FNO4/c1-24-17-11-19-18(25-13-26-19)10-14(17)12-22-8-6-20(23,7-9-22)15-4-2-3-5-16(15)21/h2-5,10-11,23H,6-9,12-13H2,1H3. The third-order valence-electron chi connectivity index (χ3n) is 5.23. The molecule has 0 aliphatic carbocycles. The minimum atomic E-state index is -1.11. The molecule has 138 valence electrons. The molecule has 1 N–H and O–H groups in total. The quantitative estimate of drug-likeness (QED) is 0.909. The first-order valence-corrected chi connectivity index (χ1v) is 8.75. The maximum absolute atomic E-state index is 14.1. The lowest BCUT2D eigenvalue weighted by molar-refractivity contribution is -0.0303. The van der Waals surface area contributed by atoms with Crippen LogP contribution in [0.5, 0.6) is 17.2 Å². The second kappa shape index (κ2) is 6.78. The van der Waals surface area contributed by atoms with Crippen molar-refractivity contribution in [3.05, 3.63) is 53.3 Å². The number of nitrogens with zero attached hydrogens (tertiary/aromatic N) is 1. The van der Waals surface area contributed by atoms with Crippen LogP contribution in [0.15, 0.2) is 36.4 Å². The molecule has 1 saturated heterocycles. The van der Waals surface area contributed by atoms with Crippen LogP contribution in [-0.2, 0) is 12.1 Å². The normalized spacial score (nSPS) is 18.7. The molecule has 2 heterocycles. The summed E-state index contributed by atoms with van der Waals surface area (Å²) in [4.78, 5) is 2.23. The molecule has 0 spiro atoms. The molecule has 0 atom stereocenters. The number of piperidine rings is 1. The topological polar surface area (TPSA) is 51.2 Å². The van der Waals surface area contributed by atoms with Gasteiger partial charge in [-0.3, -0.25) is 4.90 Å². The highest BCUT2D eigenvalue weighted by molar-refractivity contribution is 5.51. The van der Waals surface area contributed by atoms with E-state index >= 15 is 0 Å². The second-order valence-electron chi connectivity index (χ2n) is 6.80. The third kappa shape index (κ3) is 3.10. The number of methoxy groups -OCH3 is 1. The van der Waals surface area contributed by atoms with Gasteiger partial charge >= 0.3 is 0 Å². The van der Waals surface area contributed by atoms with Crippen molar-refractivity contribution in [1.82, 2.24) is 4.90 Å². The van der Waals surface area contributed by atoms with Crippen molar-refractivity contribution in [3.8, 4) is 17.2 Å². The Labute approximate surface area is 151 Å². The molecule has 0 saturated carbocycles. The Bertz CT molecular complexity index is 802. The summed E-state index contributed by atoms with van der Waals surface area (Å²) in [5, 5.41) is 10.9. The first kappa shape index (κ1) is 17.1. The summed E-state index contributed by atoms with van der Waals surface area (Å²) in [5.74, 6) is 1.82. The molecule has 4 rings (SSSR count). The van der Waals surface area contributed by atoms with Crippen molar-refractivity contribution in [2.24, 2.45) is 0 Å². The van der Waals surface area contributed by atoms with Crippen LogP contribution in [-0.4, -0.2) is 37.0 Å². The number of aliphatic hydroxyl groups is 1. The summed E-state index contributed by atoms with van der Waals surface area (Å²) in [5.41, 5.74) is 0.286. The molecule has 26 heavy (non-hydrogen) atoms. The van der Waals surface area contributed by atoms with Crippen molar-refractivity contribution >= 4 is 0 Å². The summed E-state index contributed by atoms with van der Waals surface area (Å²) in [6, 6.07) is 10.3. The largest absolute Gasteiger partial charge is 0.496 e. The third-order valence-corrected chi connectivity index (χ3v) is 5.23. The zero-order valence-corrected chi connectivity index (χ0v) is 14.7. The maximum atomic E-state index is 14.1. The van der Waals surface area contributed by atoms with Crippen molar-refractivity contribution in [1.29, 1.82) is 0 Å². The predicted molar refractivity (Wildman–Crippen MR) is 93.9 cm³/mol. The predicted octanol–water partition coefficient (Wildman–Crippen LogP) is 3.05. The van der Waals surface area contributed by atoms with Gasteiger partial charge in [-0.1, -0.05) is 18.2 Å². The Morgan fingerprint density at radius 3 is 2.54 bits per heavy atom. The summed E-state index contributed by atoms with van der Waals surface area (Å²) in [7, 11) is 1.63. The molecule has 6 heteroatoms. The van der Waals surface area contributed by atoms with Crippen molar-refractivity contribution < 1.29 is 23.7 Å². The molecule has 2 aromatic carbocycles. The lowest BCUT2D eigenvalue weighted by Gasteiger charge is -2.38. The van der Waals surface area contributed by atoms with E-state index in [0.717, 1.165) is 17.1 Å². The van der Waals surface area contributed by atoms with E-state index in [9.17, 15) is 9.50 Å². The van der Waals surface area contributed by atoms with Gasteiger partial charge in [-0.15, -0.1) is 0 Å². The monoisotopic (exact) mass is 359 g/mol. The molecule has 0 bridgehead atoms. The lowest BCUT2D eigenvalue weighted by atomic mass is 9.84. The van der Waals surface area contributed by atoms with E-state index in [1.165, 1.54) is 6.07 Å². The first-order chi connectivity index (χ1) is 12.6. The van der Waals surface area contributed by atoms with Crippen molar-refractivity contribution in [2.75, 3.05) is 27.0 Å². The molecule has 1 fully saturated rings. The molecule has 0 aromatic heterocycles. The highest BCUT2D eigenvalue weighted by Gasteiger charge is 2.36. The van der Waals surface area contributed by atoms with E-state index in [4.69, 9.17) is 14.2 Å². The Morgan fingerprint density at radius 1 is 1.15 bits per heavy atom. The minimum absolute atomic E-state index is 0.224. The second-order valence-corrected chi connectivity index (χ2v) is 6.80. The lowest BCUT2D eigenvalue weighted by Crippen LogP contribution is -2.42. The summed E-state index contributed by atoms with van der Waals surface area (Å²) in [6.07, 6.45) is 0.974. The van der Waals surface area contributed by atoms with Gasteiger partial charge in [0, 0.05) is 36.8 Å². The fraction of sp³-hybridized carbons (Fsp3) is 0.400. The van der Waals surface area contributed by atoms with E-state index in [-0.39, 0.29) is 12.6 Å². The van der Waals surface area contributed by atoms with Crippen LogP contribution in [0.1, 0.15) is 24.0 Å². The van der Waals surface area contributed by atoms with E-state index in [0.29, 0.717) is 43.8 Å². The zero-order valence-electron chi connectivity index (χ0n) is 14.7. The number of hydrogen-bond donors (Lipinski definition) is 1. The van der Waals surface area contributed by atoms with E-state index < -0.39 is 5.60 Å². The van der Waals surface area contributed by atoms with Gasteiger partial charge in [0.1, 0.15) is 11.6 Å².